The monoisotopic (exact) mass is 443 g/mol. The van der Waals surface area contributed by atoms with Crippen LogP contribution in [-0.2, 0) is 13.0 Å². The lowest BCUT2D eigenvalue weighted by Crippen LogP contribution is -2.35. The minimum absolute atomic E-state index is 0. The summed E-state index contributed by atoms with van der Waals surface area (Å²) in [6, 6.07) is 11.4. The van der Waals surface area contributed by atoms with Gasteiger partial charge in [-0.15, -0.1) is 17.0 Å². The number of fused-ring (bicyclic) bond motifs is 7. The molecule has 148 valence electrons. The van der Waals surface area contributed by atoms with Crippen molar-refractivity contribution in [2.75, 3.05) is 27.9 Å². The Morgan fingerprint density at radius 3 is 2.25 bits per heavy atom. The lowest BCUT2D eigenvalue weighted by Gasteiger charge is -2.33. The molecule has 0 N–H and O–H groups in total. The number of methoxy groups -OCH3 is 3. The van der Waals surface area contributed by atoms with Gasteiger partial charge in [0.15, 0.2) is 11.5 Å². The second-order valence-electron chi connectivity index (χ2n) is 7.59. The maximum atomic E-state index is 5.62. The molecule has 2 aliphatic rings. The summed E-state index contributed by atoms with van der Waals surface area (Å²) in [4.78, 5) is 2.65. The molecule has 1 fully saturated rings. The van der Waals surface area contributed by atoms with Crippen LogP contribution >= 0.6 is 17.0 Å². The Morgan fingerprint density at radius 1 is 0.821 bits per heavy atom. The topological polar surface area (TPSA) is 30.9 Å². The SMILES string of the molecule is Br.COc1ccc2c3c(c4cc(OC)c(OC)cc4c2c1)CN1CCC[C@H]1C3. The summed E-state index contributed by atoms with van der Waals surface area (Å²) in [6.07, 6.45) is 3.74. The van der Waals surface area contributed by atoms with E-state index in [2.05, 4.69) is 35.2 Å². The minimum Gasteiger partial charge on any atom is -0.497 e. The highest BCUT2D eigenvalue weighted by Crippen LogP contribution is 2.44. The van der Waals surface area contributed by atoms with Gasteiger partial charge in [0, 0.05) is 12.6 Å². The summed E-state index contributed by atoms with van der Waals surface area (Å²) >= 11 is 0. The first-order valence-corrected chi connectivity index (χ1v) is 9.64. The number of hydrogen-bond acceptors (Lipinski definition) is 4. The molecule has 0 unspecified atom stereocenters. The average molecular weight is 444 g/mol. The van der Waals surface area contributed by atoms with Gasteiger partial charge < -0.3 is 14.2 Å². The fourth-order valence-corrected chi connectivity index (χ4v) is 5.00. The Morgan fingerprint density at radius 2 is 1.54 bits per heavy atom. The summed E-state index contributed by atoms with van der Waals surface area (Å²) in [5.74, 6) is 2.44. The first-order valence-electron chi connectivity index (χ1n) is 9.64. The van der Waals surface area contributed by atoms with E-state index in [4.69, 9.17) is 14.2 Å². The minimum atomic E-state index is 0. The fourth-order valence-electron chi connectivity index (χ4n) is 5.00. The van der Waals surface area contributed by atoms with Crippen molar-refractivity contribution in [1.29, 1.82) is 0 Å². The van der Waals surface area contributed by atoms with Gasteiger partial charge in [0.2, 0.25) is 0 Å². The molecule has 2 heterocycles. The molecule has 0 amide bonds. The molecule has 1 saturated heterocycles. The van der Waals surface area contributed by atoms with Gasteiger partial charge in [-0.25, -0.2) is 0 Å². The normalized spacial score (nSPS) is 18.5. The molecule has 0 saturated carbocycles. The lowest BCUT2D eigenvalue weighted by molar-refractivity contribution is 0.229. The van der Waals surface area contributed by atoms with E-state index >= 15 is 0 Å². The predicted octanol–water partition coefficient (Wildman–Crippen LogP) is 5.12. The molecule has 3 aromatic carbocycles. The Hall–Kier alpha value is -1.98. The second-order valence-corrected chi connectivity index (χ2v) is 7.59. The molecular weight excluding hydrogens is 418 g/mol. The Bertz CT molecular complexity index is 1050. The van der Waals surface area contributed by atoms with Crippen LogP contribution in [0.25, 0.3) is 21.5 Å². The molecule has 4 nitrogen and oxygen atoms in total. The molecule has 1 atom stereocenters. The molecule has 2 aliphatic heterocycles. The van der Waals surface area contributed by atoms with Crippen molar-refractivity contribution in [1.82, 2.24) is 4.90 Å². The largest absolute Gasteiger partial charge is 0.497 e. The van der Waals surface area contributed by atoms with E-state index in [-0.39, 0.29) is 17.0 Å². The summed E-state index contributed by atoms with van der Waals surface area (Å²) in [5, 5.41) is 5.05. The van der Waals surface area contributed by atoms with Crippen molar-refractivity contribution in [2.24, 2.45) is 0 Å². The second kappa shape index (κ2) is 7.45. The smallest absolute Gasteiger partial charge is 0.161 e. The van der Waals surface area contributed by atoms with Crippen molar-refractivity contribution >= 4 is 38.5 Å². The zero-order valence-electron chi connectivity index (χ0n) is 16.6. The van der Waals surface area contributed by atoms with E-state index in [1.807, 2.05) is 0 Å². The third-order valence-electron chi connectivity index (χ3n) is 6.36. The number of benzene rings is 3. The first kappa shape index (κ1) is 19.3. The Balaban J connectivity index is 0.00000192. The van der Waals surface area contributed by atoms with Gasteiger partial charge in [-0.2, -0.15) is 0 Å². The van der Waals surface area contributed by atoms with Gasteiger partial charge in [0.05, 0.1) is 21.3 Å². The van der Waals surface area contributed by atoms with E-state index in [1.54, 1.807) is 21.3 Å². The van der Waals surface area contributed by atoms with E-state index in [0.29, 0.717) is 6.04 Å². The quantitative estimate of drug-likeness (QED) is 0.525. The van der Waals surface area contributed by atoms with Gasteiger partial charge >= 0.3 is 0 Å². The molecule has 0 radical (unpaired) electrons. The molecule has 28 heavy (non-hydrogen) atoms. The van der Waals surface area contributed by atoms with Crippen molar-refractivity contribution in [3.63, 3.8) is 0 Å². The maximum absolute atomic E-state index is 5.62. The molecular formula is C23H26BrNO3. The van der Waals surface area contributed by atoms with Crippen LogP contribution in [0.1, 0.15) is 24.0 Å². The zero-order valence-corrected chi connectivity index (χ0v) is 18.3. The summed E-state index contributed by atoms with van der Waals surface area (Å²) in [6.45, 7) is 2.23. The van der Waals surface area contributed by atoms with Crippen molar-refractivity contribution < 1.29 is 14.2 Å². The molecule has 0 bridgehead atoms. The van der Waals surface area contributed by atoms with Gasteiger partial charge in [-0.05, 0) is 82.7 Å². The number of rotatable bonds is 3. The van der Waals surface area contributed by atoms with Crippen molar-refractivity contribution in [3.05, 3.63) is 41.5 Å². The van der Waals surface area contributed by atoms with Crippen molar-refractivity contribution in [2.45, 2.75) is 31.8 Å². The van der Waals surface area contributed by atoms with Crippen LogP contribution in [0.5, 0.6) is 17.2 Å². The molecule has 0 aromatic heterocycles. The summed E-state index contributed by atoms with van der Waals surface area (Å²) in [5.41, 5.74) is 2.94. The molecule has 5 rings (SSSR count). The van der Waals surface area contributed by atoms with Gasteiger partial charge in [-0.1, -0.05) is 6.07 Å². The number of ether oxygens (including phenoxy) is 3. The maximum Gasteiger partial charge on any atom is 0.161 e. The first-order chi connectivity index (χ1) is 13.2. The van der Waals surface area contributed by atoms with Crippen LogP contribution in [0.3, 0.4) is 0 Å². The third-order valence-corrected chi connectivity index (χ3v) is 6.36. The number of nitrogens with zero attached hydrogens (tertiary/aromatic N) is 1. The standard InChI is InChI=1S/C23H25NO3.BrH/c1-25-15-6-7-16-17-9-14-5-4-8-24(14)13-21(17)20-12-23(27-3)22(26-2)11-19(20)18(16)10-15;/h6-7,10-12,14H,4-5,8-9,13H2,1-3H3;1H/t14-;/m0./s1. The Labute approximate surface area is 176 Å². The van der Waals surface area contributed by atoms with E-state index in [9.17, 15) is 0 Å². The summed E-state index contributed by atoms with van der Waals surface area (Å²) in [7, 11) is 5.12. The highest BCUT2D eigenvalue weighted by molar-refractivity contribution is 8.93. The van der Waals surface area contributed by atoms with Crippen LogP contribution in [-0.4, -0.2) is 38.8 Å². The van der Waals surface area contributed by atoms with Crippen LogP contribution in [0.2, 0.25) is 0 Å². The van der Waals surface area contributed by atoms with E-state index < -0.39 is 0 Å². The predicted molar refractivity (Wildman–Crippen MR) is 119 cm³/mol. The highest BCUT2D eigenvalue weighted by Gasteiger charge is 2.32. The fraction of sp³-hybridized carbons (Fsp3) is 0.391. The zero-order chi connectivity index (χ0) is 18.5. The molecule has 5 heteroatoms. The van der Waals surface area contributed by atoms with Crippen LogP contribution in [0.4, 0.5) is 0 Å². The molecule has 0 aliphatic carbocycles. The highest BCUT2D eigenvalue weighted by atomic mass is 79.9. The van der Waals surface area contributed by atoms with Gasteiger partial charge in [-0.3, -0.25) is 4.90 Å². The van der Waals surface area contributed by atoms with Gasteiger partial charge in [0.1, 0.15) is 5.75 Å². The van der Waals surface area contributed by atoms with Gasteiger partial charge in [0.25, 0.3) is 0 Å². The molecule has 0 spiro atoms. The summed E-state index contributed by atoms with van der Waals surface area (Å²) < 4.78 is 16.7. The lowest BCUT2D eigenvalue weighted by atomic mass is 9.85. The van der Waals surface area contributed by atoms with E-state index in [1.165, 1.54) is 52.1 Å². The Kier molecular flexibility index (Phi) is 5.15. The number of hydrogen-bond donors (Lipinski definition) is 0. The van der Waals surface area contributed by atoms with Crippen molar-refractivity contribution in [3.8, 4) is 17.2 Å². The van der Waals surface area contributed by atoms with E-state index in [0.717, 1.165) is 30.2 Å². The van der Waals surface area contributed by atoms with Crippen LogP contribution in [0.15, 0.2) is 30.3 Å². The average Bonchev–Trinajstić information content (AvgIpc) is 3.18. The van der Waals surface area contributed by atoms with Crippen LogP contribution in [0, 0.1) is 0 Å². The molecule has 3 aromatic rings. The number of halogens is 1. The van der Waals surface area contributed by atoms with Crippen LogP contribution < -0.4 is 14.2 Å². The third kappa shape index (κ3) is 2.83.